The molecule has 1 heteroatoms. The number of unbranched alkanes of at least 4 members (excludes halogenated alkanes) is 2. The molecule has 0 amide bonds. The number of ether oxygens (including phenoxy) is 1. The van der Waals surface area contributed by atoms with Crippen molar-refractivity contribution in [3.63, 3.8) is 0 Å². The molecule has 0 saturated heterocycles. The van der Waals surface area contributed by atoms with Crippen LogP contribution in [0.4, 0.5) is 0 Å². The van der Waals surface area contributed by atoms with Crippen molar-refractivity contribution in [3.05, 3.63) is 25.3 Å². The van der Waals surface area contributed by atoms with Gasteiger partial charge in [0, 0.05) is 6.61 Å². The van der Waals surface area contributed by atoms with Crippen molar-refractivity contribution in [2.45, 2.75) is 45.1 Å². The highest BCUT2D eigenvalue weighted by Gasteiger charge is 2.02. The van der Waals surface area contributed by atoms with E-state index in [0.717, 1.165) is 32.3 Å². The van der Waals surface area contributed by atoms with Crippen LogP contribution in [-0.2, 0) is 4.74 Å². The van der Waals surface area contributed by atoms with E-state index in [0.29, 0.717) is 0 Å². The van der Waals surface area contributed by atoms with E-state index in [1.807, 2.05) is 12.2 Å². The maximum absolute atomic E-state index is 5.63. The third kappa shape index (κ3) is 7.79. The van der Waals surface area contributed by atoms with Crippen LogP contribution in [-0.4, -0.2) is 12.7 Å². The minimum atomic E-state index is 0.242. The SMILES string of the molecule is C=CCCCC(C=C)OCCCC. The first kappa shape index (κ1) is 12.4. The van der Waals surface area contributed by atoms with E-state index in [1.165, 1.54) is 6.42 Å². The van der Waals surface area contributed by atoms with Gasteiger partial charge in [-0.1, -0.05) is 25.5 Å². The Labute approximate surface area is 82.5 Å². The van der Waals surface area contributed by atoms with Crippen LogP contribution in [0.1, 0.15) is 39.0 Å². The smallest absolute Gasteiger partial charge is 0.0753 e. The second-order valence-corrected chi connectivity index (χ2v) is 3.22. The van der Waals surface area contributed by atoms with Crippen LogP contribution in [0.15, 0.2) is 25.3 Å². The molecular weight excluding hydrogens is 160 g/mol. The van der Waals surface area contributed by atoms with Crippen molar-refractivity contribution in [3.8, 4) is 0 Å². The molecule has 1 unspecified atom stereocenters. The third-order valence-corrected chi connectivity index (χ3v) is 1.99. The molecule has 0 aliphatic carbocycles. The van der Waals surface area contributed by atoms with Crippen LogP contribution in [0.5, 0.6) is 0 Å². The van der Waals surface area contributed by atoms with Gasteiger partial charge >= 0.3 is 0 Å². The summed E-state index contributed by atoms with van der Waals surface area (Å²) in [6.07, 6.45) is 9.71. The second-order valence-electron chi connectivity index (χ2n) is 3.22. The van der Waals surface area contributed by atoms with E-state index < -0.39 is 0 Å². The number of hydrogen-bond acceptors (Lipinski definition) is 1. The van der Waals surface area contributed by atoms with Crippen molar-refractivity contribution in [2.24, 2.45) is 0 Å². The van der Waals surface area contributed by atoms with Gasteiger partial charge in [-0.05, 0) is 25.7 Å². The van der Waals surface area contributed by atoms with Crippen molar-refractivity contribution in [1.29, 1.82) is 0 Å². The van der Waals surface area contributed by atoms with Gasteiger partial charge in [0.2, 0.25) is 0 Å². The van der Waals surface area contributed by atoms with Gasteiger partial charge in [-0.25, -0.2) is 0 Å². The van der Waals surface area contributed by atoms with Crippen LogP contribution in [0, 0.1) is 0 Å². The predicted molar refractivity (Wildman–Crippen MR) is 58.9 cm³/mol. The first-order chi connectivity index (χ1) is 6.35. The monoisotopic (exact) mass is 182 g/mol. The van der Waals surface area contributed by atoms with E-state index in [2.05, 4.69) is 20.1 Å². The molecule has 0 bridgehead atoms. The fraction of sp³-hybridized carbons (Fsp3) is 0.667. The minimum absolute atomic E-state index is 0.242. The summed E-state index contributed by atoms with van der Waals surface area (Å²) in [6, 6.07) is 0. The lowest BCUT2D eigenvalue weighted by Gasteiger charge is -2.12. The Morgan fingerprint density at radius 1 is 1.31 bits per heavy atom. The largest absolute Gasteiger partial charge is 0.374 e. The Kier molecular flexibility index (Phi) is 9.12. The van der Waals surface area contributed by atoms with Crippen LogP contribution >= 0.6 is 0 Å². The van der Waals surface area contributed by atoms with Gasteiger partial charge in [-0.3, -0.25) is 0 Å². The maximum Gasteiger partial charge on any atom is 0.0753 e. The van der Waals surface area contributed by atoms with E-state index in [4.69, 9.17) is 4.74 Å². The number of allylic oxidation sites excluding steroid dienone is 1. The molecule has 0 radical (unpaired) electrons. The highest BCUT2D eigenvalue weighted by molar-refractivity contribution is 4.80. The molecule has 0 saturated carbocycles. The Bertz CT molecular complexity index is 129. The fourth-order valence-corrected chi connectivity index (χ4v) is 1.11. The zero-order valence-corrected chi connectivity index (χ0v) is 8.80. The Morgan fingerprint density at radius 2 is 2.08 bits per heavy atom. The molecular formula is C12H22O. The average molecular weight is 182 g/mol. The van der Waals surface area contributed by atoms with E-state index >= 15 is 0 Å². The molecule has 0 rings (SSSR count). The third-order valence-electron chi connectivity index (χ3n) is 1.99. The summed E-state index contributed by atoms with van der Waals surface area (Å²) in [6.45, 7) is 10.5. The first-order valence-corrected chi connectivity index (χ1v) is 5.20. The van der Waals surface area contributed by atoms with Gasteiger partial charge in [0.15, 0.2) is 0 Å². The first-order valence-electron chi connectivity index (χ1n) is 5.20. The molecule has 0 aromatic heterocycles. The van der Waals surface area contributed by atoms with Crippen molar-refractivity contribution >= 4 is 0 Å². The zero-order chi connectivity index (χ0) is 9.94. The predicted octanol–water partition coefficient (Wildman–Crippen LogP) is 3.71. The lowest BCUT2D eigenvalue weighted by atomic mass is 10.1. The van der Waals surface area contributed by atoms with Crippen molar-refractivity contribution in [1.82, 2.24) is 0 Å². The van der Waals surface area contributed by atoms with Gasteiger partial charge in [-0.15, -0.1) is 13.2 Å². The van der Waals surface area contributed by atoms with Gasteiger partial charge in [0.1, 0.15) is 0 Å². The zero-order valence-electron chi connectivity index (χ0n) is 8.80. The molecule has 13 heavy (non-hydrogen) atoms. The van der Waals surface area contributed by atoms with Crippen molar-refractivity contribution in [2.75, 3.05) is 6.61 Å². The molecule has 0 fully saturated rings. The summed E-state index contributed by atoms with van der Waals surface area (Å²) in [4.78, 5) is 0. The molecule has 0 aliphatic heterocycles. The standard InChI is InChI=1S/C12H22O/c1-4-7-9-10-12(6-3)13-11-8-5-2/h4,6,12H,1,3,5,7-11H2,2H3. The molecule has 1 atom stereocenters. The topological polar surface area (TPSA) is 9.23 Å². The fourth-order valence-electron chi connectivity index (χ4n) is 1.11. The molecule has 0 N–H and O–H groups in total. The van der Waals surface area contributed by atoms with Gasteiger partial charge < -0.3 is 4.74 Å². The number of rotatable bonds is 9. The van der Waals surface area contributed by atoms with E-state index in [-0.39, 0.29) is 6.10 Å². The van der Waals surface area contributed by atoms with Crippen LogP contribution in [0.25, 0.3) is 0 Å². The molecule has 0 heterocycles. The van der Waals surface area contributed by atoms with Crippen LogP contribution in [0.3, 0.4) is 0 Å². The number of hydrogen-bond donors (Lipinski definition) is 0. The molecule has 0 aromatic carbocycles. The second kappa shape index (κ2) is 9.53. The lowest BCUT2D eigenvalue weighted by Crippen LogP contribution is -2.10. The lowest BCUT2D eigenvalue weighted by molar-refractivity contribution is 0.0763. The molecule has 0 aliphatic rings. The van der Waals surface area contributed by atoms with Gasteiger partial charge in [0.25, 0.3) is 0 Å². The van der Waals surface area contributed by atoms with Gasteiger partial charge in [0.05, 0.1) is 6.10 Å². The molecule has 0 aromatic rings. The highest BCUT2D eigenvalue weighted by atomic mass is 16.5. The summed E-state index contributed by atoms with van der Waals surface area (Å²) in [5, 5.41) is 0. The Balaban J connectivity index is 3.39. The average Bonchev–Trinajstić information content (AvgIpc) is 2.16. The quantitative estimate of drug-likeness (QED) is 0.390. The molecule has 0 spiro atoms. The van der Waals surface area contributed by atoms with E-state index in [9.17, 15) is 0 Å². The summed E-state index contributed by atoms with van der Waals surface area (Å²) >= 11 is 0. The minimum Gasteiger partial charge on any atom is -0.374 e. The summed E-state index contributed by atoms with van der Waals surface area (Å²) in [5.41, 5.74) is 0. The summed E-state index contributed by atoms with van der Waals surface area (Å²) in [7, 11) is 0. The molecule has 76 valence electrons. The van der Waals surface area contributed by atoms with Crippen molar-refractivity contribution < 1.29 is 4.74 Å². The Morgan fingerprint density at radius 3 is 2.62 bits per heavy atom. The van der Waals surface area contributed by atoms with Crippen LogP contribution < -0.4 is 0 Å². The Hall–Kier alpha value is -0.560. The van der Waals surface area contributed by atoms with Gasteiger partial charge in [-0.2, -0.15) is 0 Å². The molecule has 1 nitrogen and oxygen atoms in total. The van der Waals surface area contributed by atoms with Crippen LogP contribution in [0.2, 0.25) is 0 Å². The highest BCUT2D eigenvalue weighted by Crippen LogP contribution is 2.07. The van der Waals surface area contributed by atoms with E-state index in [1.54, 1.807) is 0 Å². The summed E-state index contributed by atoms with van der Waals surface area (Å²) < 4.78 is 5.63. The normalized spacial score (nSPS) is 12.4. The summed E-state index contributed by atoms with van der Waals surface area (Å²) in [5.74, 6) is 0. The maximum atomic E-state index is 5.63.